The summed E-state index contributed by atoms with van der Waals surface area (Å²) in [7, 11) is 0. The van der Waals surface area contributed by atoms with Crippen LogP contribution in [0.5, 0.6) is 0 Å². The Morgan fingerprint density at radius 1 is 1.07 bits per heavy atom. The number of benzene rings is 2. The molecule has 142 valence electrons. The molecular weight excluding hydrogens is 404 g/mol. The van der Waals surface area contributed by atoms with E-state index in [9.17, 15) is 9.59 Å². The molecule has 0 heterocycles. The van der Waals surface area contributed by atoms with E-state index in [1.54, 1.807) is 6.07 Å². The van der Waals surface area contributed by atoms with E-state index in [1.165, 1.54) is 11.1 Å². The minimum atomic E-state index is -0.585. The average molecular weight is 429 g/mol. The van der Waals surface area contributed by atoms with Gasteiger partial charge in [0.2, 0.25) is 5.91 Å². The molecule has 4 nitrogen and oxygen atoms in total. The third kappa shape index (κ3) is 4.59. The molecule has 1 aliphatic rings. The van der Waals surface area contributed by atoms with Crippen molar-refractivity contribution in [3.8, 4) is 0 Å². The third-order valence-corrected chi connectivity index (χ3v) is 5.73. The van der Waals surface area contributed by atoms with Gasteiger partial charge in [-0.05, 0) is 64.4 Å². The van der Waals surface area contributed by atoms with Gasteiger partial charge in [0, 0.05) is 4.47 Å². The number of carbonyl (C=O) groups is 2. The quantitative estimate of drug-likeness (QED) is 0.741. The maximum atomic E-state index is 13.0. The molecule has 2 atom stereocenters. The fraction of sp³-hybridized carbons (Fsp3) is 0.364. The van der Waals surface area contributed by atoms with E-state index >= 15 is 0 Å². The molecule has 0 fully saturated rings. The lowest BCUT2D eigenvalue weighted by atomic mass is 9.87. The van der Waals surface area contributed by atoms with Crippen molar-refractivity contribution in [2.24, 2.45) is 5.92 Å². The number of halogens is 1. The van der Waals surface area contributed by atoms with E-state index in [0.717, 1.165) is 19.3 Å². The summed E-state index contributed by atoms with van der Waals surface area (Å²) in [4.78, 5) is 25.6. The van der Waals surface area contributed by atoms with Crippen molar-refractivity contribution in [1.29, 1.82) is 0 Å². The van der Waals surface area contributed by atoms with Crippen molar-refractivity contribution in [3.05, 3.63) is 69.7 Å². The Morgan fingerprint density at radius 2 is 1.78 bits per heavy atom. The van der Waals surface area contributed by atoms with Crippen LogP contribution in [0, 0.1) is 5.92 Å². The van der Waals surface area contributed by atoms with Gasteiger partial charge in [0.1, 0.15) is 6.04 Å². The molecule has 2 unspecified atom stereocenters. The summed E-state index contributed by atoms with van der Waals surface area (Å²) in [5, 5.41) is 6.07. The lowest BCUT2D eigenvalue weighted by molar-refractivity contribution is -0.124. The Balaban J connectivity index is 1.73. The molecule has 2 aromatic rings. The molecule has 2 N–H and O–H groups in total. The topological polar surface area (TPSA) is 58.2 Å². The van der Waals surface area contributed by atoms with Gasteiger partial charge in [0.25, 0.3) is 5.91 Å². The zero-order valence-electron chi connectivity index (χ0n) is 15.7. The van der Waals surface area contributed by atoms with E-state index in [-0.39, 0.29) is 23.8 Å². The van der Waals surface area contributed by atoms with Crippen molar-refractivity contribution >= 4 is 27.7 Å². The summed E-state index contributed by atoms with van der Waals surface area (Å²) in [5.41, 5.74) is 3.02. The highest BCUT2D eigenvalue weighted by atomic mass is 79.9. The highest BCUT2D eigenvalue weighted by molar-refractivity contribution is 9.10. The second kappa shape index (κ2) is 8.70. The maximum Gasteiger partial charge on any atom is 0.253 e. The van der Waals surface area contributed by atoms with Crippen LogP contribution in [0.2, 0.25) is 0 Å². The highest BCUT2D eigenvalue weighted by Gasteiger charge is 2.29. The van der Waals surface area contributed by atoms with Gasteiger partial charge in [0.05, 0.1) is 11.6 Å². The Hall–Kier alpha value is -2.14. The van der Waals surface area contributed by atoms with Gasteiger partial charge in [-0.3, -0.25) is 9.59 Å². The highest BCUT2D eigenvalue weighted by Crippen LogP contribution is 2.29. The smallest absolute Gasteiger partial charge is 0.253 e. The normalized spacial score (nSPS) is 17.1. The first kappa shape index (κ1) is 19.6. The van der Waals surface area contributed by atoms with Crippen LogP contribution in [-0.2, 0) is 11.2 Å². The predicted molar refractivity (Wildman–Crippen MR) is 110 cm³/mol. The molecule has 3 rings (SSSR count). The van der Waals surface area contributed by atoms with Crippen molar-refractivity contribution in [1.82, 2.24) is 10.6 Å². The number of hydrogen-bond donors (Lipinski definition) is 2. The Morgan fingerprint density at radius 3 is 2.52 bits per heavy atom. The van der Waals surface area contributed by atoms with Crippen LogP contribution >= 0.6 is 15.9 Å². The van der Waals surface area contributed by atoms with E-state index in [2.05, 4.69) is 38.7 Å². The molecule has 0 bridgehead atoms. The summed E-state index contributed by atoms with van der Waals surface area (Å²) < 4.78 is 0.714. The predicted octanol–water partition coefficient (Wildman–Crippen LogP) is 4.40. The number of amides is 2. The van der Waals surface area contributed by atoms with Crippen molar-refractivity contribution < 1.29 is 9.59 Å². The number of rotatable bonds is 5. The van der Waals surface area contributed by atoms with Crippen molar-refractivity contribution in [2.75, 3.05) is 0 Å². The molecule has 0 aromatic heterocycles. The van der Waals surface area contributed by atoms with E-state index in [1.807, 2.05) is 44.2 Å². The summed E-state index contributed by atoms with van der Waals surface area (Å²) in [6, 6.07) is 14.9. The van der Waals surface area contributed by atoms with Crippen LogP contribution in [0.4, 0.5) is 0 Å². The molecule has 5 heteroatoms. The molecule has 0 spiro atoms. The summed E-state index contributed by atoms with van der Waals surface area (Å²) in [5.74, 6) is -0.400. The monoisotopic (exact) mass is 428 g/mol. The van der Waals surface area contributed by atoms with Crippen LogP contribution in [0.25, 0.3) is 0 Å². The molecule has 0 radical (unpaired) electrons. The van der Waals surface area contributed by atoms with Crippen molar-refractivity contribution in [3.63, 3.8) is 0 Å². The number of hydrogen-bond acceptors (Lipinski definition) is 2. The van der Waals surface area contributed by atoms with Gasteiger partial charge in [-0.1, -0.05) is 50.2 Å². The fourth-order valence-electron chi connectivity index (χ4n) is 3.56. The second-order valence-electron chi connectivity index (χ2n) is 7.33. The van der Waals surface area contributed by atoms with Gasteiger partial charge in [0.15, 0.2) is 0 Å². The summed E-state index contributed by atoms with van der Waals surface area (Å²) >= 11 is 3.40. The lowest BCUT2D eigenvalue weighted by Crippen LogP contribution is -2.50. The van der Waals surface area contributed by atoms with Crippen LogP contribution in [0.3, 0.4) is 0 Å². The van der Waals surface area contributed by atoms with Crippen LogP contribution in [0.1, 0.15) is 54.2 Å². The van der Waals surface area contributed by atoms with E-state index in [0.29, 0.717) is 10.0 Å². The minimum Gasteiger partial charge on any atom is -0.347 e. The molecule has 0 saturated heterocycles. The van der Waals surface area contributed by atoms with Crippen LogP contribution in [0.15, 0.2) is 53.0 Å². The number of nitrogens with one attached hydrogen (secondary N) is 2. The van der Waals surface area contributed by atoms with Gasteiger partial charge in [-0.15, -0.1) is 0 Å². The summed E-state index contributed by atoms with van der Waals surface area (Å²) in [6.45, 7) is 3.89. The number of carbonyl (C=O) groups excluding carboxylic acids is 2. The second-order valence-corrected chi connectivity index (χ2v) is 8.18. The summed E-state index contributed by atoms with van der Waals surface area (Å²) in [6.07, 6.45) is 3.03. The zero-order chi connectivity index (χ0) is 19.4. The molecule has 0 saturated carbocycles. The average Bonchev–Trinajstić information content (AvgIpc) is 2.66. The first-order valence-corrected chi connectivity index (χ1v) is 10.2. The van der Waals surface area contributed by atoms with Gasteiger partial charge < -0.3 is 10.6 Å². The van der Waals surface area contributed by atoms with Gasteiger partial charge >= 0.3 is 0 Å². The maximum absolute atomic E-state index is 13.0. The largest absolute Gasteiger partial charge is 0.347 e. The molecular formula is C22H25BrN2O2. The van der Waals surface area contributed by atoms with E-state index < -0.39 is 6.04 Å². The van der Waals surface area contributed by atoms with Gasteiger partial charge in [-0.25, -0.2) is 0 Å². The molecule has 27 heavy (non-hydrogen) atoms. The fourth-order valence-corrected chi connectivity index (χ4v) is 4.03. The molecule has 2 aromatic carbocycles. The molecule has 0 aliphatic heterocycles. The van der Waals surface area contributed by atoms with Crippen LogP contribution < -0.4 is 10.6 Å². The number of fused-ring (bicyclic) bond motifs is 1. The molecule has 1 aliphatic carbocycles. The third-order valence-electron chi connectivity index (χ3n) is 5.04. The zero-order valence-corrected chi connectivity index (χ0v) is 17.3. The van der Waals surface area contributed by atoms with E-state index in [4.69, 9.17) is 0 Å². The SMILES string of the molecule is CC(C)C(NC(=O)c1ccccc1Br)C(=O)NC1CCCc2ccccc21. The minimum absolute atomic E-state index is 0.00376. The Labute approximate surface area is 168 Å². The first-order chi connectivity index (χ1) is 13.0. The van der Waals surface area contributed by atoms with Crippen molar-refractivity contribution in [2.45, 2.75) is 45.2 Å². The van der Waals surface area contributed by atoms with Gasteiger partial charge in [-0.2, -0.15) is 0 Å². The standard InChI is InChI=1S/C22H25BrN2O2/c1-14(2)20(25-21(26)17-11-5-6-12-18(17)23)22(27)24-19-13-7-9-15-8-3-4-10-16(15)19/h3-6,8,10-12,14,19-20H,7,9,13H2,1-2H3,(H,24,27)(H,25,26). The van der Waals surface area contributed by atoms with Crippen LogP contribution in [-0.4, -0.2) is 17.9 Å². The Bertz CT molecular complexity index is 835. The number of aryl methyl sites for hydroxylation is 1. The lowest BCUT2D eigenvalue weighted by Gasteiger charge is -2.29. The molecule has 2 amide bonds. The first-order valence-electron chi connectivity index (χ1n) is 9.41. The Kier molecular flexibility index (Phi) is 6.32.